The van der Waals surface area contributed by atoms with E-state index in [2.05, 4.69) is 4.98 Å². The molecule has 2 aromatic rings. The molecule has 118 valence electrons. The predicted octanol–water partition coefficient (Wildman–Crippen LogP) is 5.34. The van der Waals surface area contributed by atoms with Gasteiger partial charge in [-0.3, -0.25) is 4.98 Å². The summed E-state index contributed by atoms with van der Waals surface area (Å²) in [7, 11) is 0. The molecule has 0 spiro atoms. The largest absolute Gasteiger partial charge is 0.422 e. The van der Waals surface area contributed by atoms with Gasteiger partial charge < -0.3 is 0 Å². The third-order valence-electron chi connectivity index (χ3n) is 3.28. The van der Waals surface area contributed by atoms with Crippen LogP contribution in [0.1, 0.15) is 31.9 Å². The van der Waals surface area contributed by atoms with Crippen molar-refractivity contribution in [1.29, 1.82) is 0 Å². The van der Waals surface area contributed by atoms with Crippen LogP contribution < -0.4 is 0 Å². The molecule has 0 aliphatic rings. The van der Waals surface area contributed by atoms with Gasteiger partial charge in [0.2, 0.25) is 0 Å². The highest BCUT2D eigenvalue weighted by molar-refractivity contribution is 5.62. The molecular formula is C16H14F5N. The zero-order valence-electron chi connectivity index (χ0n) is 12.2. The first-order valence-electron chi connectivity index (χ1n) is 6.54. The maximum atomic E-state index is 14.1. The van der Waals surface area contributed by atoms with E-state index in [0.29, 0.717) is 6.07 Å². The van der Waals surface area contributed by atoms with Crippen molar-refractivity contribution in [3.63, 3.8) is 0 Å². The van der Waals surface area contributed by atoms with Crippen LogP contribution in [0.15, 0.2) is 30.5 Å². The summed E-state index contributed by atoms with van der Waals surface area (Å²) in [6.07, 6.45) is -3.71. The van der Waals surface area contributed by atoms with Crippen LogP contribution in [0.4, 0.5) is 22.0 Å². The number of hydrogen-bond donors (Lipinski definition) is 0. The molecule has 1 aromatic heterocycles. The van der Waals surface area contributed by atoms with Gasteiger partial charge >= 0.3 is 6.18 Å². The first-order valence-corrected chi connectivity index (χ1v) is 6.54. The van der Waals surface area contributed by atoms with Gasteiger partial charge in [0.05, 0.1) is 5.69 Å². The summed E-state index contributed by atoms with van der Waals surface area (Å²) < 4.78 is 65.8. The lowest BCUT2D eigenvalue weighted by Crippen LogP contribution is -2.13. The molecule has 0 saturated carbocycles. The van der Waals surface area contributed by atoms with E-state index >= 15 is 0 Å². The monoisotopic (exact) mass is 315 g/mol. The number of nitrogens with zero attached hydrogens (tertiary/aromatic N) is 1. The molecule has 0 aliphatic heterocycles. The van der Waals surface area contributed by atoms with E-state index in [-0.39, 0.29) is 16.7 Å². The maximum Gasteiger partial charge on any atom is 0.422 e. The average Bonchev–Trinajstić information content (AvgIpc) is 2.36. The molecule has 0 atom stereocenters. The van der Waals surface area contributed by atoms with Gasteiger partial charge in [0.1, 0.15) is 17.2 Å². The van der Waals surface area contributed by atoms with Crippen molar-refractivity contribution < 1.29 is 22.0 Å². The smallest absolute Gasteiger partial charge is 0.256 e. The second-order valence-electron chi connectivity index (χ2n) is 5.96. The van der Waals surface area contributed by atoms with Crippen molar-refractivity contribution in [2.75, 3.05) is 0 Å². The van der Waals surface area contributed by atoms with Gasteiger partial charge in [0.25, 0.3) is 0 Å². The fourth-order valence-electron chi connectivity index (χ4n) is 2.05. The van der Waals surface area contributed by atoms with E-state index < -0.39 is 23.4 Å². The topological polar surface area (TPSA) is 12.9 Å². The van der Waals surface area contributed by atoms with Crippen molar-refractivity contribution >= 4 is 0 Å². The van der Waals surface area contributed by atoms with Crippen molar-refractivity contribution in [3.05, 3.63) is 53.2 Å². The molecule has 1 nitrogen and oxygen atoms in total. The van der Waals surface area contributed by atoms with Crippen LogP contribution in [0.25, 0.3) is 11.3 Å². The third-order valence-corrected chi connectivity index (χ3v) is 3.28. The summed E-state index contributed by atoms with van der Waals surface area (Å²) in [4.78, 5) is 3.91. The molecular weight excluding hydrogens is 301 g/mol. The SMILES string of the molecule is CC(C)(C)c1ccnc(-c2ccc(F)c(C(F)(F)F)c2F)c1. The van der Waals surface area contributed by atoms with Crippen LogP contribution in [0.2, 0.25) is 0 Å². The Hall–Kier alpha value is -1.98. The van der Waals surface area contributed by atoms with Gasteiger partial charge in [0, 0.05) is 11.8 Å². The minimum atomic E-state index is -5.11. The third kappa shape index (κ3) is 3.10. The normalized spacial score (nSPS) is 12.5. The molecule has 0 bridgehead atoms. The molecule has 0 aliphatic carbocycles. The number of pyridine rings is 1. The van der Waals surface area contributed by atoms with Gasteiger partial charge in [-0.2, -0.15) is 13.2 Å². The number of hydrogen-bond acceptors (Lipinski definition) is 1. The van der Waals surface area contributed by atoms with E-state index in [1.54, 1.807) is 6.07 Å². The van der Waals surface area contributed by atoms with Crippen LogP contribution in [-0.2, 0) is 11.6 Å². The molecule has 0 radical (unpaired) electrons. The van der Waals surface area contributed by atoms with Gasteiger partial charge in [0.15, 0.2) is 0 Å². The van der Waals surface area contributed by atoms with Gasteiger partial charge in [-0.15, -0.1) is 0 Å². The lowest BCUT2D eigenvalue weighted by molar-refractivity contribution is -0.142. The molecule has 6 heteroatoms. The van der Waals surface area contributed by atoms with E-state index in [0.717, 1.165) is 11.6 Å². The summed E-state index contributed by atoms with van der Waals surface area (Å²) in [6.45, 7) is 5.73. The van der Waals surface area contributed by atoms with Crippen LogP contribution in [0, 0.1) is 11.6 Å². The number of alkyl halides is 3. The molecule has 0 saturated heterocycles. The molecule has 0 amide bonds. The summed E-state index contributed by atoms with van der Waals surface area (Å²) in [6, 6.07) is 4.79. The van der Waals surface area contributed by atoms with E-state index in [1.807, 2.05) is 20.8 Å². The molecule has 0 fully saturated rings. The Kier molecular flexibility index (Phi) is 3.98. The Morgan fingerprint density at radius 1 is 0.955 bits per heavy atom. The molecule has 0 N–H and O–H groups in total. The quantitative estimate of drug-likeness (QED) is 0.647. The second-order valence-corrected chi connectivity index (χ2v) is 5.96. The molecule has 0 unspecified atom stereocenters. The fourth-order valence-corrected chi connectivity index (χ4v) is 2.05. The predicted molar refractivity (Wildman–Crippen MR) is 73.3 cm³/mol. The summed E-state index contributed by atoms with van der Waals surface area (Å²) in [5.41, 5.74) is -1.72. The highest BCUT2D eigenvalue weighted by atomic mass is 19.4. The van der Waals surface area contributed by atoms with Crippen molar-refractivity contribution in [2.24, 2.45) is 0 Å². The Morgan fingerprint density at radius 2 is 1.59 bits per heavy atom. The molecule has 2 rings (SSSR count). The van der Waals surface area contributed by atoms with Crippen LogP contribution in [-0.4, -0.2) is 4.98 Å². The van der Waals surface area contributed by atoms with E-state index in [1.165, 1.54) is 12.3 Å². The Labute approximate surface area is 124 Å². The summed E-state index contributed by atoms with van der Waals surface area (Å²) in [5, 5.41) is 0. The van der Waals surface area contributed by atoms with E-state index in [4.69, 9.17) is 0 Å². The van der Waals surface area contributed by atoms with Gasteiger partial charge in [-0.1, -0.05) is 20.8 Å². The Morgan fingerprint density at radius 3 is 2.14 bits per heavy atom. The zero-order chi connectivity index (χ0) is 16.7. The highest BCUT2D eigenvalue weighted by Gasteiger charge is 2.39. The molecule has 1 aromatic carbocycles. The minimum Gasteiger partial charge on any atom is -0.256 e. The van der Waals surface area contributed by atoms with Crippen molar-refractivity contribution in [1.82, 2.24) is 4.98 Å². The second kappa shape index (κ2) is 5.34. The zero-order valence-corrected chi connectivity index (χ0v) is 12.2. The Bertz CT molecular complexity index is 699. The van der Waals surface area contributed by atoms with Gasteiger partial charge in [-0.25, -0.2) is 8.78 Å². The fraction of sp³-hybridized carbons (Fsp3) is 0.312. The standard InChI is InChI=1S/C16H14F5N/c1-15(2,3)9-6-7-22-12(8-9)10-4-5-11(17)13(14(10)18)16(19,20)21/h4-8H,1-3H3. The number of benzene rings is 1. The number of halogens is 5. The lowest BCUT2D eigenvalue weighted by Gasteiger charge is -2.19. The van der Waals surface area contributed by atoms with Gasteiger partial charge in [-0.05, 0) is 35.2 Å². The highest BCUT2D eigenvalue weighted by Crippen LogP contribution is 2.37. The Balaban J connectivity index is 2.65. The maximum absolute atomic E-state index is 14.1. The van der Waals surface area contributed by atoms with E-state index in [9.17, 15) is 22.0 Å². The lowest BCUT2D eigenvalue weighted by atomic mass is 9.87. The number of aromatic nitrogens is 1. The van der Waals surface area contributed by atoms with Crippen molar-refractivity contribution in [2.45, 2.75) is 32.4 Å². The first kappa shape index (κ1) is 16.4. The first-order chi connectivity index (χ1) is 10.0. The summed E-state index contributed by atoms with van der Waals surface area (Å²) in [5.74, 6) is -3.29. The van der Waals surface area contributed by atoms with Crippen molar-refractivity contribution in [3.8, 4) is 11.3 Å². The molecule has 1 heterocycles. The average molecular weight is 315 g/mol. The van der Waals surface area contributed by atoms with Crippen LogP contribution >= 0.6 is 0 Å². The minimum absolute atomic E-state index is 0.0374. The number of rotatable bonds is 1. The summed E-state index contributed by atoms with van der Waals surface area (Å²) >= 11 is 0. The van der Waals surface area contributed by atoms with Crippen LogP contribution in [0.5, 0.6) is 0 Å². The van der Waals surface area contributed by atoms with Crippen LogP contribution in [0.3, 0.4) is 0 Å². The molecule has 22 heavy (non-hydrogen) atoms.